The van der Waals surface area contributed by atoms with E-state index in [-0.39, 0.29) is 12.4 Å². The molecule has 1 heterocycles. The number of nitrogens with two attached hydrogens (primary N) is 1. The molecule has 2 rings (SSSR count). The molecule has 0 amide bonds. The highest BCUT2D eigenvalue weighted by Crippen LogP contribution is 2.18. The largest absolute Gasteiger partial charge is 0.484 e. The van der Waals surface area contributed by atoms with Gasteiger partial charge in [-0.15, -0.1) is 0 Å². The Morgan fingerprint density at radius 1 is 1.30 bits per heavy atom. The van der Waals surface area contributed by atoms with E-state index < -0.39 is 0 Å². The molecule has 0 aliphatic rings. The lowest BCUT2D eigenvalue weighted by atomic mass is 10.1. The Bertz CT molecular complexity index is 557. The van der Waals surface area contributed by atoms with Crippen LogP contribution >= 0.6 is 0 Å². The predicted octanol–water partition coefficient (Wildman–Crippen LogP) is 2.24. The van der Waals surface area contributed by atoms with E-state index in [9.17, 15) is 4.39 Å². The monoisotopic (exact) mass is 279 g/mol. The first-order chi connectivity index (χ1) is 9.71. The van der Waals surface area contributed by atoms with Gasteiger partial charge in [-0.1, -0.05) is 12.1 Å². The molecule has 0 radical (unpaired) electrons. The third-order valence-electron chi connectivity index (χ3n) is 2.71. The zero-order chi connectivity index (χ0) is 14.4. The Kier molecular flexibility index (Phi) is 5.06. The molecule has 5 nitrogen and oxygen atoms in total. The molecular formula is C14H18FN3O2. The van der Waals surface area contributed by atoms with Gasteiger partial charge in [0.15, 0.2) is 12.4 Å². The summed E-state index contributed by atoms with van der Waals surface area (Å²) in [6.45, 7) is 2.63. The molecule has 0 atom stereocenters. The van der Waals surface area contributed by atoms with Crippen molar-refractivity contribution < 1.29 is 13.7 Å². The second-order valence-corrected chi connectivity index (χ2v) is 4.48. The van der Waals surface area contributed by atoms with Gasteiger partial charge in [0, 0.05) is 12.5 Å². The summed E-state index contributed by atoms with van der Waals surface area (Å²) in [5, 5.41) is 3.83. The summed E-state index contributed by atoms with van der Waals surface area (Å²) in [6.07, 6.45) is 2.33. The highest BCUT2D eigenvalue weighted by Gasteiger charge is 2.07. The van der Waals surface area contributed by atoms with Crippen LogP contribution < -0.4 is 10.5 Å². The van der Waals surface area contributed by atoms with Crippen molar-refractivity contribution in [2.24, 2.45) is 5.73 Å². The Morgan fingerprint density at radius 2 is 2.15 bits per heavy atom. The molecule has 6 heteroatoms. The third-order valence-corrected chi connectivity index (χ3v) is 2.71. The maximum atomic E-state index is 13.4. The van der Waals surface area contributed by atoms with Crippen LogP contribution in [0, 0.1) is 5.82 Å². The van der Waals surface area contributed by atoms with E-state index in [0.717, 1.165) is 18.4 Å². The van der Waals surface area contributed by atoms with Crippen molar-refractivity contribution in [3.63, 3.8) is 0 Å². The van der Waals surface area contributed by atoms with Crippen LogP contribution in [-0.2, 0) is 19.4 Å². The van der Waals surface area contributed by atoms with Gasteiger partial charge >= 0.3 is 0 Å². The van der Waals surface area contributed by atoms with Gasteiger partial charge < -0.3 is 15.0 Å². The van der Waals surface area contributed by atoms with Crippen molar-refractivity contribution in [1.82, 2.24) is 10.1 Å². The van der Waals surface area contributed by atoms with Crippen molar-refractivity contribution >= 4 is 0 Å². The zero-order valence-electron chi connectivity index (χ0n) is 11.4. The smallest absolute Gasteiger partial charge is 0.264 e. The molecule has 1 aromatic heterocycles. The van der Waals surface area contributed by atoms with Crippen molar-refractivity contribution in [3.05, 3.63) is 41.3 Å². The summed E-state index contributed by atoms with van der Waals surface area (Å²) >= 11 is 0. The highest BCUT2D eigenvalue weighted by atomic mass is 19.1. The molecule has 0 saturated heterocycles. The molecule has 0 spiro atoms. The normalized spacial score (nSPS) is 10.8. The number of hydrogen-bond acceptors (Lipinski definition) is 5. The lowest BCUT2D eigenvalue weighted by Crippen LogP contribution is -2.04. The Balaban J connectivity index is 1.98. The third kappa shape index (κ3) is 4.03. The minimum atomic E-state index is -0.344. The molecular weight excluding hydrogens is 261 g/mol. The Labute approximate surface area is 116 Å². The van der Waals surface area contributed by atoms with Crippen LogP contribution in [0.3, 0.4) is 0 Å². The van der Waals surface area contributed by atoms with Gasteiger partial charge in [0.05, 0.1) is 0 Å². The van der Waals surface area contributed by atoms with E-state index in [1.165, 1.54) is 12.1 Å². The summed E-state index contributed by atoms with van der Waals surface area (Å²) < 4.78 is 23.9. The van der Waals surface area contributed by atoms with E-state index in [1.54, 1.807) is 6.07 Å². The van der Waals surface area contributed by atoms with E-state index in [2.05, 4.69) is 10.1 Å². The zero-order valence-corrected chi connectivity index (χ0v) is 11.4. The van der Waals surface area contributed by atoms with Gasteiger partial charge in [-0.25, -0.2) is 4.39 Å². The quantitative estimate of drug-likeness (QED) is 0.841. The van der Waals surface area contributed by atoms with Gasteiger partial charge in [-0.3, -0.25) is 0 Å². The second kappa shape index (κ2) is 7.00. The highest BCUT2D eigenvalue weighted by molar-refractivity contribution is 5.29. The number of aromatic nitrogens is 2. The molecule has 1 aromatic carbocycles. The average molecular weight is 279 g/mol. The first-order valence-corrected chi connectivity index (χ1v) is 6.65. The summed E-state index contributed by atoms with van der Waals surface area (Å²) in [7, 11) is 0. The molecule has 0 bridgehead atoms. The van der Waals surface area contributed by atoms with E-state index in [0.29, 0.717) is 30.4 Å². The SMILES string of the molecule is CCCc1noc(COc2cc(F)cc(CCN)c2)n1. The van der Waals surface area contributed by atoms with Crippen LogP contribution in [0.4, 0.5) is 4.39 Å². The number of ether oxygens (including phenoxy) is 1. The first kappa shape index (κ1) is 14.5. The Hall–Kier alpha value is -1.95. The number of rotatable bonds is 7. The molecule has 2 aromatic rings. The molecule has 0 aliphatic heterocycles. The number of halogens is 1. The summed E-state index contributed by atoms with van der Waals surface area (Å²) in [6, 6.07) is 4.54. The van der Waals surface area contributed by atoms with Gasteiger partial charge in [-0.2, -0.15) is 4.98 Å². The predicted molar refractivity (Wildman–Crippen MR) is 71.8 cm³/mol. The number of nitrogens with zero attached hydrogens (tertiary/aromatic N) is 2. The van der Waals surface area contributed by atoms with Crippen molar-refractivity contribution in [2.75, 3.05) is 6.54 Å². The first-order valence-electron chi connectivity index (χ1n) is 6.65. The number of aryl methyl sites for hydroxylation is 1. The fraction of sp³-hybridized carbons (Fsp3) is 0.429. The number of benzene rings is 1. The van der Waals surface area contributed by atoms with Crippen molar-refractivity contribution in [1.29, 1.82) is 0 Å². The van der Waals surface area contributed by atoms with Crippen LogP contribution in [0.1, 0.15) is 30.6 Å². The van der Waals surface area contributed by atoms with Crippen LogP contribution in [0.25, 0.3) is 0 Å². The minimum absolute atomic E-state index is 0.127. The minimum Gasteiger partial charge on any atom is -0.484 e. The van der Waals surface area contributed by atoms with E-state index >= 15 is 0 Å². The molecule has 0 fully saturated rings. The Morgan fingerprint density at radius 3 is 2.90 bits per heavy atom. The maximum Gasteiger partial charge on any atom is 0.264 e. The maximum absolute atomic E-state index is 13.4. The lowest BCUT2D eigenvalue weighted by Gasteiger charge is -2.06. The average Bonchev–Trinajstić information content (AvgIpc) is 2.84. The van der Waals surface area contributed by atoms with Crippen molar-refractivity contribution in [3.8, 4) is 5.75 Å². The van der Waals surface area contributed by atoms with Gasteiger partial charge in [0.25, 0.3) is 5.89 Å². The van der Waals surface area contributed by atoms with Crippen molar-refractivity contribution in [2.45, 2.75) is 32.8 Å². The molecule has 0 unspecified atom stereocenters. The van der Waals surface area contributed by atoms with Gasteiger partial charge in [0.1, 0.15) is 11.6 Å². The van der Waals surface area contributed by atoms with Crippen LogP contribution in [0.5, 0.6) is 5.75 Å². The standard InChI is InChI=1S/C14H18FN3O2/c1-2-3-13-17-14(20-18-13)9-19-12-7-10(4-5-16)6-11(15)8-12/h6-8H,2-5,9,16H2,1H3. The van der Waals surface area contributed by atoms with Gasteiger partial charge in [-0.05, 0) is 37.1 Å². The fourth-order valence-corrected chi connectivity index (χ4v) is 1.83. The van der Waals surface area contributed by atoms with E-state index in [1.807, 2.05) is 6.92 Å². The van der Waals surface area contributed by atoms with E-state index in [4.69, 9.17) is 15.0 Å². The van der Waals surface area contributed by atoms with Crippen LogP contribution in [0.2, 0.25) is 0 Å². The molecule has 0 aliphatic carbocycles. The molecule has 2 N–H and O–H groups in total. The van der Waals surface area contributed by atoms with Crippen LogP contribution in [0.15, 0.2) is 22.7 Å². The van der Waals surface area contributed by atoms with Crippen LogP contribution in [-0.4, -0.2) is 16.7 Å². The number of hydrogen-bond donors (Lipinski definition) is 1. The van der Waals surface area contributed by atoms with Gasteiger partial charge in [0.2, 0.25) is 0 Å². The molecule has 0 saturated carbocycles. The molecule has 20 heavy (non-hydrogen) atoms. The molecule has 108 valence electrons. The summed E-state index contributed by atoms with van der Waals surface area (Å²) in [5.41, 5.74) is 6.27. The fourth-order valence-electron chi connectivity index (χ4n) is 1.83. The summed E-state index contributed by atoms with van der Waals surface area (Å²) in [4.78, 5) is 4.18. The topological polar surface area (TPSA) is 74.2 Å². The lowest BCUT2D eigenvalue weighted by molar-refractivity contribution is 0.241. The second-order valence-electron chi connectivity index (χ2n) is 4.48. The summed E-state index contributed by atoms with van der Waals surface area (Å²) in [5.74, 6) is 1.14.